The normalized spacial score (nSPS) is 10.5. The molecule has 0 atom stereocenters. The van der Waals surface area contributed by atoms with Crippen LogP contribution in [0.15, 0.2) is 46.6 Å². The van der Waals surface area contributed by atoms with Crippen molar-refractivity contribution in [3.63, 3.8) is 0 Å². The molecule has 0 bridgehead atoms. The Balaban J connectivity index is 1.78. The van der Waals surface area contributed by atoms with E-state index in [1.807, 2.05) is 41.8 Å². The SMILES string of the molecule is COCc1cc(C)n(CC(=O)Nc2nc(-c3ccccc3)cs2)c(=O)c1C#N. The number of hydrogen-bond donors (Lipinski definition) is 1. The summed E-state index contributed by atoms with van der Waals surface area (Å²) in [5, 5.41) is 14.3. The van der Waals surface area contributed by atoms with Crippen LogP contribution in [0.5, 0.6) is 0 Å². The number of pyridine rings is 1. The van der Waals surface area contributed by atoms with Crippen LogP contribution in [-0.4, -0.2) is 22.6 Å². The fourth-order valence-corrected chi connectivity index (χ4v) is 3.53. The smallest absolute Gasteiger partial charge is 0.269 e. The van der Waals surface area contributed by atoms with Crippen molar-refractivity contribution in [3.8, 4) is 17.3 Å². The number of ether oxygens (including phenoxy) is 1. The number of methoxy groups -OCH3 is 1. The number of aromatic nitrogens is 2. The van der Waals surface area contributed by atoms with Gasteiger partial charge in [-0.1, -0.05) is 30.3 Å². The van der Waals surface area contributed by atoms with Crippen LogP contribution in [0.25, 0.3) is 11.3 Å². The van der Waals surface area contributed by atoms with E-state index in [0.29, 0.717) is 16.4 Å². The Bertz CT molecular complexity index is 1100. The minimum absolute atomic E-state index is 0.0131. The first-order chi connectivity index (χ1) is 13.5. The zero-order valence-corrected chi connectivity index (χ0v) is 16.2. The molecule has 0 aliphatic rings. The van der Waals surface area contributed by atoms with E-state index in [9.17, 15) is 14.9 Å². The molecule has 0 radical (unpaired) electrons. The Morgan fingerprint density at radius 1 is 1.36 bits per heavy atom. The molecule has 2 aromatic heterocycles. The highest BCUT2D eigenvalue weighted by Crippen LogP contribution is 2.24. The fourth-order valence-electron chi connectivity index (χ4n) is 2.80. The molecule has 0 saturated heterocycles. The molecule has 8 heteroatoms. The van der Waals surface area contributed by atoms with Gasteiger partial charge in [0.1, 0.15) is 18.2 Å². The van der Waals surface area contributed by atoms with Crippen molar-refractivity contribution < 1.29 is 9.53 Å². The van der Waals surface area contributed by atoms with Crippen LogP contribution in [0.3, 0.4) is 0 Å². The van der Waals surface area contributed by atoms with Gasteiger partial charge in [0, 0.05) is 29.3 Å². The predicted molar refractivity (Wildman–Crippen MR) is 107 cm³/mol. The second kappa shape index (κ2) is 8.61. The van der Waals surface area contributed by atoms with Crippen molar-refractivity contribution in [1.82, 2.24) is 9.55 Å². The van der Waals surface area contributed by atoms with E-state index in [2.05, 4.69) is 10.3 Å². The number of carbonyl (C=O) groups excluding carboxylic acids is 1. The van der Waals surface area contributed by atoms with E-state index in [-0.39, 0.29) is 24.6 Å². The number of nitrogens with zero attached hydrogens (tertiary/aromatic N) is 3. The van der Waals surface area contributed by atoms with Gasteiger partial charge >= 0.3 is 0 Å². The Morgan fingerprint density at radius 2 is 2.11 bits per heavy atom. The third-order valence-corrected chi connectivity index (χ3v) is 4.88. The molecule has 1 N–H and O–H groups in total. The van der Waals surface area contributed by atoms with Gasteiger partial charge in [-0.05, 0) is 13.0 Å². The third kappa shape index (κ3) is 4.17. The minimum atomic E-state index is -0.506. The molecule has 3 aromatic rings. The molecule has 2 heterocycles. The molecule has 0 saturated carbocycles. The maximum atomic E-state index is 12.6. The Hall–Kier alpha value is -3.28. The number of benzene rings is 1. The van der Waals surface area contributed by atoms with Crippen molar-refractivity contribution in [1.29, 1.82) is 5.26 Å². The van der Waals surface area contributed by atoms with E-state index >= 15 is 0 Å². The number of anilines is 1. The Morgan fingerprint density at radius 3 is 2.79 bits per heavy atom. The van der Waals surface area contributed by atoms with Crippen molar-refractivity contribution in [2.75, 3.05) is 12.4 Å². The van der Waals surface area contributed by atoms with Crippen LogP contribution in [-0.2, 0) is 22.7 Å². The van der Waals surface area contributed by atoms with Gasteiger partial charge in [-0.2, -0.15) is 5.26 Å². The van der Waals surface area contributed by atoms with Gasteiger partial charge in [0.2, 0.25) is 5.91 Å². The number of carbonyl (C=O) groups is 1. The summed E-state index contributed by atoms with van der Waals surface area (Å²) >= 11 is 1.31. The van der Waals surface area contributed by atoms with Gasteiger partial charge in [0.05, 0.1) is 12.3 Å². The van der Waals surface area contributed by atoms with Gasteiger partial charge in [-0.15, -0.1) is 11.3 Å². The van der Waals surface area contributed by atoms with Crippen LogP contribution in [0, 0.1) is 18.3 Å². The van der Waals surface area contributed by atoms with E-state index in [1.54, 1.807) is 13.0 Å². The second-order valence-electron chi connectivity index (χ2n) is 6.07. The summed E-state index contributed by atoms with van der Waals surface area (Å²) < 4.78 is 6.31. The largest absolute Gasteiger partial charge is 0.380 e. The van der Waals surface area contributed by atoms with Crippen LogP contribution in [0.2, 0.25) is 0 Å². The van der Waals surface area contributed by atoms with Gasteiger partial charge in [-0.25, -0.2) is 4.98 Å². The monoisotopic (exact) mass is 394 g/mol. The molecule has 1 amide bonds. The number of thiazole rings is 1. The highest BCUT2D eigenvalue weighted by molar-refractivity contribution is 7.14. The van der Waals surface area contributed by atoms with Crippen molar-refractivity contribution >= 4 is 22.4 Å². The topological polar surface area (TPSA) is 97.0 Å². The van der Waals surface area contributed by atoms with Crippen LogP contribution >= 0.6 is 11.3 Å². The molecule has 0 aliphatic heterocycles. The van der Waals surface area contributed by atoms with E-state index in [0.717, 1.165) is 11.3 Å². The average Bonchev–Trinajstić information content (AvgIpc) is 3.15. The lowest BCUT2D eigenvalue weighted by Crippen LogP contribution is -2.31. The van der Waals surface area contributed by atoms with Crippen LogP contribution < -0.4 is 10.9 Å². The standard InChI is InChI=1S/C20H18N4O3S/c1-13-8-15(11-27-2)16(9-21)19(26)24(13)10-18(25)23-20-22-17(12-28-20)14-6-4-3-5-7-14/h3-8,12H,10-11H2,1-2H3,(H,22,23,25). The van der Waals surface area contributed by atoms with Gasteiger partial charge < -0.3 is 14.6 Å². The number of hydrogen-bond acceptors (Lipinski definition) is 6. The molecule has 0 fully saturated rings. The molecular formula is C20H18N4O3S. The highest BCUT2D eigenvalue weighted by atomic mass is 32.1. The van der Waals surface area contributed by atoms with E-state index < -0.39 is 5.56 Å². The first-order valence-electron chi connectivity index (χ1n) is 8.46. The number of aryl methyl sites for hydroxylation is 1. The van der Waals surface area contributed by atoms with Crippen molar-refractivity contribution in [3.05, 3.63) is 69.0 Å². The van der Waals surface area contributed by atoms with E-state index in [4.69, 9.17) is 4.74 Å². The molecule has 142 valence electrons. The van der Waals surface area contributed by atoms with E-state index in [1.165, 1.54) is 23.0 Å². The summed E-state index contributed by atoms with van der Waals surface area (Å²) in [4.78, 5) is 29.4. The van der Waals surface area contributed by atoms with Gasteiger partial charge in [0.25, 0.3) is 5.56 Å². The maximum Gasteiger partial charge on any atom is 0.269 e. The average molecular weight is 394 g/mol. The zero-order valence-electron chi connectivity index (χ0n) is 15.4. The molecule has 28 heavy (non-hydrogen) atoms. The van der Waals surface area contributed by atoms with Crippen LogP contribution in [0.1, 0.15) is 16.8 Å². The van der Waals surface area contributed by atoms with Crippen molar-refractivity contribution in [2.45, 2.75) is 20.1 Å². The number of nitriles is 1. The summed E-state index contributed by atoms with van der Waals surface area (Å²) in [5.74, 6) is -0.387. The number of rotatable bonds is 6. The summed E-state index contributed by atoms with van der Waals surface area (Å²) in [6.07, 6.45) is 0. The summed E-state index contributed by atoms with van der Waals surface area (Å²) in [6, 6.07) is 13.2. The molecule has 7 nitrogen and oxygen atoms in total. The molecular weight excluding hydrogens is 376 g/mol. The molecule has 1 aromatic carbocycles. The zero-order chi connectivity index (χ0) is 20.1. The predicted octanol–water partition coefficient (Wildman–Crippen LogP) is 2.94. The summed E-state index contributed by atoms with van der Waals surface area (Å²) in [7, 11) is 1.49. The third-order valence-electron chi connectivity index (χ3n) is 4.12. The highest BCUT2D eigenvalue weighted by Gasteiger charge is 2.16. The van der Waals surface area contributed by atoms with Gasteiger partial charge in [0.15, 0.2) is 5.13 Å². The second-order valence-corrected chi connectivity index (χ2v) is 6.93. The lowest BCUT2D eigenvalue weighted by atomic mass is 10.1. The molecule has 3 rings (SSSR count). The Labute approximate surface area is 165 Å². The molecule has 0 spiro atoms. The first kappa shape index (κ1) is 19.5. The lowest BCUT2D eigenvalue weighted by molar-refractivity contribution is -0.116. The lowest BCUT2D eigenvalue weighted by Gasteiger charge is -2.12. The maximum absolute atomic E-state index is 12.6. The quantitative estimate of drug-likeness (QED) is 0.693. The van der Waals surface area contributed by atoms with Gasteiger partial charge in [-0.3, -0.25) is 9.59 Å². The number of nitrogens with one attached hydrogen (secondary N) is 1. The number of amides is 1. The van der Waals surface area contributed by atoms with Crippen molar-refractivity contribution in [2.24, 2.45) is 0 Å². The first-order valence-corrected chi connectivity index (χ1v) is 9.34. The molecule has 0 unspecified atom stereocenters. The van der Waals surface area contributed by atoms with Crippen LogP contribution in [0.4, 0.5) is 5.13 Å². The summed E-state index contributed by atoms with van der Waals surface area (Å²) in [6.45, 7) is 1.67. The molecule has 0 aliphatic carbocycles. The Kier molecular flexibility index (Phi) is 5.99. The summed E-state index contributed by atoms with van der Waals surface area (Å²) in [5.41, 5.74) is 2.30. The minimum Gasteiger partial charge on any atom is -0.380 e. The fraction of sp³-hybridized carbons (Fsp3) is 0.200.